The fourth-order valence-electron chi connectivity index (χ4n) is 1.11. The van der Waals surface area contributed by atoms with Crippen LogP contribution in [0.4, 0.5) is 0 Å². The Balaban J connectivity index is 2.60. The number of hydrogen-bond acceptors (Lipinski definition) is 2. The lowest BCUT2D eigenvalue weighted by Gasteiger charge is -2.07. The molecule has 1 unspecified atom stereocenters. The molecule has 0 aliphatic rings. The summed E-state index contributed by atoms with van der Waals surface area (Å²) in [5.41, 5.74) is 5.99. The van der Waals surface area contributed by atoms with Crippen LogP contribution in [0, 0.1) is 0 Å². The molecular formula is C9H13BrClNS. The van der Waals surface area contributed by atoms with Crippen LogP contribution >= 0.6 is 38.9 Å². The van der Waals surface area contributed by atoms with Gasteiger partial charge >= 0.3 is 0 Å². The van der Waals surface area contributed by atoms with Gasteiger partial charge < -0.3 is 5.73 Å². The third kappa shape index (κ3) is 3.24. The lowest BCUT2D eigenvalue weighted by Crippen LogP contribution is -2.07. The minimum absolute atomic E-state index is 0.147. The van der Waals surface area contributed by atoms with Crippen LogP contribution in [-0.2, 0) is 0 Å². The van der Waals surface area contributed by atoms with Crippen LogP contribution in [0.1, 0.15) is 37.1 Å². The summed E-state index contributed by atoms with van der Waals surface area (Å²) in [7, 11) is 0. The molecule has 2 N–H and O–H groups in total. The van der Waals surface area contributed by atoms with E-state index < -0.39 is 0 Å². The van der Waals surface area contributed by atoms with Crippen molar-refractivity contribution in [2.24, 2.45) is 5.73 Å². The van der Waals surface area contributed by atoms with Gasteiger partial charge in [0.25, 0.3) is 0 Å². The van der Waals surface area contributed by atoms with Gasteiger partial charge in [0.2, 0.25) is 0 Å². The Morgan fingerprint density at radius 1 is 1.69 bits per heavy atom. The van der Waals surface area contributed by atoms with Gasteiger partial charge in [-0.2, -0.15) is 0 Å². The third-order valence-corrected chi connectivity index (χ3v) is 4.50. The molecule has 0 aliphatic carbocycles. The number of hydrogen-bond donors (Lipinski definition) is 1. The zero-order chi connectivity index (χ0) is 9.84. The first-order valence-electron chi connectivity index (χ1n) is 4.35. The first-order valence-corrected chi connectivity index (χ1v) is 6.34. The van der Waals surface area contributed by atoms with Gasteiger partial charge in [0.1, 0.15) is 0 Å². The van der Waals surface area contributed by atoms with E-state index >= 15 is 0 Å². The number of rotatable bonds is 4. The van der Waals surface area contributed by atoms with Crippen molar-refractivity contribution in [3.8, 4) is 0 Å². The predicted octanol–water partition coefficient (Wildman–Crippen LogP) is 4.35. The summed E-state index contributed by atoms with van der Waals surface area (Å²) in [6.45, 7) is 2.17. The molecule has 13 heavy (non-hydrogen) atoms. The van der Waals surface area contributed by atoms with Gasteiger partial charge in [0.15, 0.2) is 0 Å². The van der Waals surface area contributed by atoms with Gasteiger partial charge in [-0.05, 0) is 28.4 Å². The van der Waals surface area contributed by atoms with Crippen molar-refractivity contribution in [1.29, 1.82) is 0 Å². The van der Waals surface area contributed by atoms with Crippen LogP contribution in [0.2, 0.25) is 5.02 Å². The second-order valence-corrected chi connectivity index (χ2v) is 5.83. The van der Waals surface area contributed by atoms with E-state index in [2.05, 4.69) is 22.9 Å². The SMILES string of the molecule is CCCCC(N)c1cc(Cl)c(Br)s1. The maximum atomic E-state index is 5.99. The van der Waals surface area contributed by atoms with Gasteiger partial charge in [0.05, 0.1) is 8.81 Å². The van der Waals surface area contributed by atoms with Crippen molar-refractivity contribution in [1.82, 2.24) is 0 Å². The van der Waals surface area contributed by atoms with Gasteiger partial charge in [-0.15, -0.1) is 11.3 Å². The highest BCUT2D eigenvalue weighted by Gasteiger charge is 2.10. The molecule has 1 aromatic heterocycles. The molecule has 1 nitrogen and oxygen atoms in total. The van der Waals surface area contributed by atoms with E-state index in [4.69, 9.17) is 17.3 Å². The number of thiophene rings is 1. The molecular weight excluding hydrogens is 270 g/mol. The number of unbranched alkanes of at least 4 members (excludes halogenated alkanes) is 1. The Morgan fingerprint density at radius 3 is 2.85 bits per heavy atom. The van der Waals surface area contributed by atoms with Gasteiger partial charge in [-0.1, -0.05) is 31.4 Å². The molecule has 1 heterocycles. The molecule has 0 aliphatic heterocycles. The van der Waals surface area contributed by atoms with Gasteiger partial charge in [0, 0.05) is 10.9 Å². The maximum absolute atomic E-state index is 5.99. The smallest absolute Gasteiger partial charge is 0.0887 e. The molecule has 0 spiro atoms. The van der Waals surface area contributed by atoms with E-state index in [-0.39, 0.29) is 6.04 Å². The summed E-state index contributed by atoms with van der Waals surface area (Å²) in [5, 5.41) is 0.770. The van der Waals surface area contributed by atoms with Crippen LogP contribution in [0.5, 0.6) is 0 Å². The first-order chi connectivity index (χ1) is 6.15. The minimum atomic E-state index is 0.147. The molecule has 0 fully saturated rings. The Hall–Kier alpha value is 0.430. The second-order valence-electron chi connectivity index (χ2n) is 3.02. The monoisotopic (exact) mass is 281 g/mol. The minimum Gasteiger partial charge on any atom is -0.323 e. The molecule has 0 bridgehead atoms. The summed E-state index contributed by atoms with van der Waals surface area (Å²) in [4.78, 5) is 1.17. The predicted molar refractivity (Wildman–Crippen MR) is 63.5 cm³/mol. The van der Waals surface area contributed by atoms with Gasteiger partial charge in [-0.25, -0.2) is 0 Å². The quantitative estimate of drug-likeness (QED) is 0.873. The van der Waals surface area contributed by atoms with E-state index in [0.29, 0.717) is 0 Å². The average molecular weight is 283 g/mol. The molecule has 4 heteroatoms. The molecule has 0 radical (unpaired) electrons. The van der Waals surface area contributed by atoms with E-state index in [9.17, 15) is 0 Å². The van der Waals surface area contributed by atoms with E-state index in [1.165, 1.54) is 17.7 Å². The zero-order valence-corrected chi connectivity index (χ0v) is 10.7. The summed E-state index contributed by atoms with van der Waals surface area (Å²) in [6.07, 6.45) is 3.40. The van der Waals surface area contributed by atoms with Crippen LogP contribution in [0.15, 0.2) is 9.85 Å². The Morgan fingerprint density at radius 2 is 2.38 bits per heavy atom. The summed E-state index contributed by atoms with van der Waals surface area (Å²) < 4.78 is 0.983. The fraction of sp³-hybridized carbons (Fsp3) is 0.556. The van der Waals surface area contributed by atoms with Crippen molar-refractivity contribution in [2.75, 3.05) is 0 Å². The topological polar surface area (TPSA) is 26.0 Å². The second kappa shape index (κ2) is 5.35. The molecule has 0 amide bonds. The Labute approximate surface area is 96.4 Å². The molecule has 0 aromatic carbocycles. The highest BCUT2D eigenvalue weighted by molar-refractivity contribution is 9.11. The van der Waals surface area contributed by atoms with Crippen LogP contribution in [-0.4, -0.2) is 0 Å². The normalized spacial score (nSPS) is 13.2. The van der Waals surface area contributed by atoms with Crippen molar-refractivity contribution in [2.45, 2.75) is 32.2 Å². The standard InChI is InChI=1S/C9H13BrClNS/c1-2-3-4-7(12)8-5-6(11)9(10)13-8/h5,7H,2-4,12H2,1H3. The van der Waals surface area contributed by atoms with Crippen molar-refractivity contribution >= 4 is 38.9 Å². The van der Waals surface area contributed by atoms with E-state index in [1.807, 2.05) is 6.07 Å². The summed E-state index contributed by atoms with van der Waals surface area (Å²) in [6, 6.07) is 2.10. The van der Waals surface area contributed by atoms with E-state index in [1.54, 1.807) is 11.3 Å². The largest absolute Gasteiger partial charge is 0.323 e. The first kappa shape index (κ1) is 11.5. The number of nitrogens with two attached hydrogens (primary N) is 1. The molecule has 0 saturated carbocycles. The lowest BCUT2D eigenvalue weighted by atomic mass is 10.1. The van der Waals surface area contributed by atoms with E-state index in [0.717, 1.165) is 15.2 Å². The molecule has 0 saturated heterocycles. The molecule has 1 rings (SSSR count). The van der Waals surface area contributed by atoms with Crippen molar-refractivity contribution in [3.05, 3.63) is 19.8 Å². The fourth-order valence-corrected chi connectivity index (χ4v) is 2.89. The van der Waals surface area contributed by atoms with Crippen LogP contribution in [0.3, 0.4) is 0 Å². The average Bonchev–Trinajstić information content (AvgIpc) is 2.43. The van der Waals surface area contributed by atoms with Crippen LogP contribution in [0.25, 0.3) is 0 Å². The molecule has 1 atom stereocenters. The highest BCUT2D eigenvalue weighted by atomic mass is 79.9. The zero-order valence-electron chi connectivity index (χ0n) is 7.52. The molecule has 74 valence electrons. The number of halogens is 2. The third-order valence-electron chi connectivity index (χ3n) is 1.90. The Bertz CT molecular complexity index is 255. The molecule has 1 aromatic rings. The highest BCUT2D eigenvalue weighted by Crippen LogP contribution is 2.35. The van der Waals surface area contributed by atoms with Gasteiger partial charge in [-0.3, -0.25) is 0 Å². The van der Waals surface area contributed by atoms with Crippen LogP contribution < -0.4 is 5.73 Å². The maximum Gasteiger partial charge on any atom is 0.0887 e. The summed E-state index contributed by atoms with van der Waals surface area (Å²) >= 11 is 10.9. The summed E-state index contributed by atoms with van der Waals surface area (Å²) in [5.74, 6) is 0. The lowest BCUT2D eigenvalue weighted by molar-refractivity contribution is 0.611. The van der Waals surface area contributed by atoms with Crippen molar-refractivity contribution < 1.29 is 0 Å². The Kier molecular flexibility index (Phi) is 4.73. The van der Waals surface area contributed by atoms with Crippen molar-refractivity contribution in [3.63, 3.8) is 0 Å².